The standard InChI is InChI=1S/C22H34N6O.HI/c1-5-23-22(24-17-21-18(2)25-28(19(21)3)15-16-29-4)27-13-11-26(12-14-27)20-9-7-6-8-10-20;/h6-10H,5,11-17H2,1-4H3,(H,23,24);1H. The van der Waals surface area contributed by atoms with Crippen molar-refractivity contribution in [2.24, 2.45) is 4.99 Å². The van der Waals surface area contributed by atoms with Gasteiger partial charge in [-0.3, -0.25) is 4.68 Å². The molecule has 0 amide bonds. The monoisotopic (exact) mass is 526 g/mol. The molecule has 1 fully saturated rings. The molecular weight excluding hydrogens is 491 g/mol. The fraction of sp³-hybridized carbons (Fsp3) is 0.545. The first kappa shape index (κ1) is 24.5. The van der Waals surface area contributed by atoms with E-state index in [9.17, 15) is 0 Å². The lowest BCUT2D eigenvalue weighted by molar-refractivity contribution is 0.182. The van der Waals surface area contributed by atoms with Crippen LogP contribution in [0.3, 0.4) is 0 Å². The van der Waals surface area contributed by atoms with E-state index in [0.29, 0.717) is 13.2 Å². The van der Waals surface area contributed by atoms with Crippen LogP contribution in [0.15, 0.2) is 35.3 Å². The van der Waals surface area contributed by atoms with Gasteiger partial charge in [-0.2, -0.15) is 5.10 Å². The first-order chi connectivity index (χ1) is 14.1. The van der Waals surface area contributed by atoms with Crippen molar-refractivity contribution in [1.29, 1.82) is 0 Å². The Kier molecular flexibility index (Phi) is 9.90. The van der Waals surface area contributed by atoms with Gasteiger partial charge in [0.05, 0.1) is 25.4 Å². The molecule has 0 saturated carbocycles. The predicted molar refractivity (Wildman–Crippen MR) is 134 cm³/mol. The number of halogens is 1. The second-order valence-corrected chi connectivity index (χ2v) is 7.35. The molecule has 166 valence electrons. The minimum Gasteiger partial charge on any atom is -0.383 e. The summed E-state index contributed by atoms with van der Waals surface area (Å²) in [6.07, 6.45) is 0. The van der Waals surface area contributed by atoms with Crippen LogP contribution in [0.25, 0.3) is 0 Å². The Morgan fingerprint density at radius 3 is 2.47 bits per heavy atom. The molecule has 0 aliphatic carbocycles. The summed E-state index contributed by atoms with van der Waals surface area (Å²) in [4.78, 5) is 9.75. The highest BCUT2D eigenvalue weighted by Crippen LogP contribution is 2.17. The van der Waals surface area contributed by atoms with Crippen LogP contribution in [0.4, 0.5) is 5.69 Å². The van der Waals surface area contributed by atoms with Gasteiger partial charge in [0.1, 0.15) is 0 Å². The highest BCUT2D eigenvalue weighted by atomic mass is 127. The molecule has 30 heavy (non-hydrogen) atoms. The van der Waals surface area contributed by atoms with Crippen LogP contribution >= 0.6 is 24.0 Å². The minimum absolute atomic E-state index is 0. The van der Waals surface area contributed by atoms with Crippen molar-refractivity contribution in [3.8, 4) is 0 Å². The first-order valence-corrected chi connectivity index (χ1v) is 10.5. The normalized spacial score (nSPS) is 14.6. The lowest BCUT2D eigenvalue weighted by atomic mass is 10.2. The number of benzene rings is 1. The molecule has 8 heteroatoms. The van der Waals surface area contributed by atoms with Gasteiger partial charge in [0.25, 0.3) is 0 Å². The summed E-state index contributed by atoms with van der Waals surface area (Å²) in [6, 6.07) is 10.6. The molecule has 2 aromatic rings. The van der Waals surface area contributed by atoms with Crippen molar-refractivity contribution in [3.05, 3.63) is 47.3 Å². The zero-order chi connectivity index (χ0) is 20.6. The number of aryl methyl sites for hydroxylation is 1. The number of hydrogen-bond donors (Lipinski definition) is 1. The summed E-state index contributed by atoms with van der Waals surface area (Å²) in [5, 5.41) is 8.12. The van der Waals surface area contributed by atoms with Crippen molar-refractivity contribution in [2.75, 3.05) is 51.3 Å². The third-order valence-electron chi connectivity index (χ3n) is 5.46. The van der Waals surface area contributed by atoms with Crippen LogP contribution in [0.1, 0.15) is 23.9 Å². The van der Waals surface area contributed by atoms with E-state index >= 15 is 0 Å². The topological polar surface area (TPSA) is 57.9 Å². The van der Waals surface area contributed by atoms with Gasteiger partial charge in [0, 0.05) is 56.8 Å². The number of ether oxygens (including phenoxy) is 1. The van der Waals surface area contributed by atoms with Crippen LogP contribution in [0.2, 0.25) is 0 Å². The van der Waals surface area contributed by atoms with E-state index in [1.54, 1.807) is 7.11 Å². The Balaban J connectivity index is 0.00000320. The average Bonchev–Trinajstić information content (AvgIpc) is 3.03. The molecular formula is C22H35IN6O. The fourth-order valence-corrected chi connectivity index (χ4v) is 3.75. The minimum atomic E-state index is 0. The number of aromatic nitrogens is 2. The summed E-state index contributed by atoms with van der Waals surface area (Å²) in [5.41, 5.74) is 4.73. The molecule has 1 aromatic carbocycles. The van der Waals surface area contributed by atoms with Gasteiger partial charge in [-0.05, 0) is 32.9 Å². The Bertz CT molecular complexity index is 799. The number of aliphatic imine (C=N–C) groups is 1. The van der Waals surface area contributed by atoms with Gasteiger partial charge in [0.15, 0.2) is 5.96 Å². The van der Waals surface area contributed by atoms with E-state index < -0.39 is 0 Å². The number of piperazine rings is 1. The molecule has 7 nitrogen and oxygen atoms in total. The maximum absolute atomic E-state index is 5.19. The molecule has 0 bridgehead atoms. The van der Waals surface area contributed by atoms with Crippen molar-refractivity contribution >= 4 is 35.6 Å². The van der Waals surface area contributed by atoms with Crippen molar-refractivity contribution in [3.63, 3.8) is 0 Å². The SMILES string of the molecule is CCNC(=NCc1c(C)nn(CCOC)c1C)N1CCN(c2ccccc2)CC1.I. The lowest BCUT2D eigenvalue weighted by Crippen LogP contribution is -2.52. The van der Waals surface area contributed by atoms with E-state index in [1.165, 1.54) is 16.9 Å². The predicted octanol–water partition coefficient (Wildman–Crippen LogP) is 3.05. The molecule has 0 radical (unpaired) electrons. The molecule has 0 unspecified atom stereocenters. The smallest absolute Gasteiger partial charge is 0.194 e. The van der Waals surface area contributed by atoms with Crippen molar-refractivity contribution in [2.45, 2.75) is 33.9 Å². The number of guanidine groups is 1. The van der Waals surface area contributed by atoms with Gasteiger partial charge in [-0.1, -0.05) is 18.2 Å². The molecule has 0 atom stereocenters. The van der Waals surface area contributed by atoms with Gasteiger partial charge in [0.2, 0.25) is 0 Å². The summed E-state index contributed by atoms with van der Waals surface area (Å²) in [5.74, 6) is 0.989. The van der Waals surface area contributed by atoms with E-state index in [1.807, 2.05) is 4.68 Å². The molecule has 1 saturated heterocycles. The molecule has 1 aliphatic rings. The third kappa shape index (κ3) is 6.10. The van der Waals surface area contributed by atoms with Gasteiger partial charge in [-0.25, -0.2) is 4.99 Å². The van der Waals surface area contributed by atoms with E-state index in [4.69, 9.17) is 9.73 Å². The lowest BCUT2D eigenvalue weighted by Gasteiger charge is -2.37. The highest BCUT2D eigenvalue weighted by Gasteiger charge is 2.20. The van der Waals surface area contributed by atoms with Crippen LogP contribution in [0.5, 0.6) is 0 Å². The number of hydrogen-bond acceptors (Lipinski definition) is 4. The van der Waals surface area contributed by atoms with E-state index in [0.717, 1.165) is 50.9 Å². The molecule has 0 spiro atoms. The zero-order valence-corrected chi connectivity index (χ0v) is 20.9. The highest BCUT2D eigenvalue weighted by molar-refractivity contribution is 14.0. The second kappa shape index (κ2) is 12.1. The van der Waals surface area contributed by atoms with Crippen molar-refractivity contribution in [1.82, 2.24) is 20.0 Å². The third-order valence-corrected chi connectivity index (χ3v) is 5.46. The number of para-hydroxylation sites is 1. The number of nitrogens with one attached hydrogen (secondary N) is 1. The van der Waals surface area contributed by atoms with Gasteiger partial charge >= 0.3 is 0 Å². The van der Waals surface area contributed by atoms with Gasteiger partial charge in [-0.15, -0.1) is 24.0 Å². The number of anilines is 1. The molecule has 2 heterocycles. The average molecular weight is 526 g/mol. The number of nitrogens with zero attached hydrogens (tertiary/aromatic N) is 5. The maximum atomic E-state index is 5.19. The van der Waals surface area contributed by atoms with Gasteiger partial charge < -0.3 is 19.9 Å². The molecule has 1 N–H and O–H groups in total. The number of rotatable bonds is 7. The summed E-state index contributed by atoms with van der Waals surface area (Å²) in [6.45, 7) is 13.2. The summed E-state index contributed by atoms with van der Waals surface area (Å²) >= 11 is 0. The number of methoxy groups -OCH3 is 1. The Morgan fingerprint density at radius 1 is 1.13 bits per heavy atom. The maximum Gasteiger partial charge on any atom is 0.194 e. The largest absolute Gasteiger partial charge is 0.383 e. The van der Waals surface area contributed by atoms with Crippen LogP contribution < -0.4 is 10.2 Å². The second-order valence-electron chi connectivity index (χ2n) is 7.35. The van der Waals surface area contributed by atoms with Crippen LogP contribution in [-0.4, -0.2) is 67.1 Å². The summed E-state index contributed by atoms with van der Waals surface area (Å²) < 4.78 is 7.21. The molecule has 1 aromatic heterocycles. The van der Waals surface area contributed by atoms with Crippen molar-refractivity contribution < 1.29 is 4.74 Å². The van der Waals surface area contributed by atoms with E-state index in [2.05, 4.69) is 71.3 Å². The Morgan fingerprint density at radius 2 is 1.83 bits per heavy atom. The van der Waals surface area contributed by atoms with Crippen LogP contribution in [-0.2, 0) is 17.8 Å². The van der Waals surface area contributed by atoms with Crippen LogP contribution in [0, 0.1) is 13.8 Å². The Labute approximate surface area is 197 Å². The quantitative estimate of drug-likeness (QED) is 0.342. The summed E-state index contributed by atoms with van der Waals surface area (Å²) in [7, 11) is 1.72. The zero-order valence-electron chi connectivity index (χ0n) is 18.6. The first-order valence-electron chi connectivity index (χ1n) is 10.5. The Hall–Kier alpha value is -1.81. The fourth-order valence-electron chi connectivity index (χ4n) is 3.75. The van der Waals surface area contributed by atoms with E-state index in [-0.39, 0.29) is 24.0 Å². The molecule has 3 rings (SSSR count). The molecule has 1 aliphatic heterocycles.